The molecule has 1 aromatic rings. The summed E-state index contributed by atoms with van der Waals surface area (Å²) in [6, 6.07) is 4.83. The minimum absolute atomic E-state index is 0.0229. The summed E-state index contributed by atoms with van der Waals surface area (Å²) in [7, 11) is -3.46. The highest BCUT2D eigenvalue weighted by molar-refractivity contribution is 7.87. The number of halogens is 1. The molecule has 1 aromatic carbocycles. The maximum Gasteiger partial charge on any atom is 0.309 e. The smallest absolute Gasteiger partial charge is 0.309 e. The van der Waals surface area contributed by atoms with Crippen LogP contribution in [-0.2, 0) is 10.1 Å². The fraction of sp³-hybridized carbons (Fsp3) is 0.400. The van der Waals surface area contributed by atoms with Crippen LogP contribution in [0.15, 0.2) is 18.2 Å². The van der Waals surface area contributed by atoms with Crippen molar-refractivity contribution in [3.05, 3.63) is 28.8 Å². The van der Waals surface area contributed by atoms with Gasteiger partial charge in [0.15, 0.2) is 0 Å². The molecule has 0 spiro atoms. The molecular formula is C10H13ClO3S. The predicted molar refractivity (Wildman–Crippen MR) is 60.9 cm³/mol. The second kappa shape index (κ2) is 4.86. The largest absolute Gasteiger partial charge is 0.382 e. The number of hydrogen-bond acceptors (Lipinski definition) is 3. The van der Waals surface area contributed by atoms with Crippen molar-refractivity contribution < 1.29 is 12.6 Å². The van der Waals surface area contributed by atoms with Crippen molar-refractivity contribution in [2.24, 2.45) is 0 Å². The van der Waals surface area contributed by atoms with E-state index in [1.807, 2.05) is 0 Å². The van der Waals surface area contributed by atoms with Crippen molar-refractivity contribution in [3.63, 3.8) is 0 Å². The van der Waals surface area contributed by atoms with Gasteiger partial charge in [-0.25, -0.2) is 0 Å². The van der Waals surface area contributed by atoms with E-state index in [4.69, 9.17) is 15.8 Å². The number of benzene rings is 1. The maximum absolute atomic E-state index is 11.4. The van der Waals surface area contributed by atoms with Crippen LogP contribution in [0, 0.1) is 6.92 Å². The minimum atomic E-state index is -3.46. The van der Waals surface area contributed by atoms with Crippen LogP contribution >= 0.6 is 11.6 Å². The molecule has 1 rings (SSSR count). The van der Waals surface area contributed by atoms with Crippen LogP contribution in [0.1, 0.15) is 18.9 Å². The van der Waals surface area contributed by atoms with Crippen molar-refractivity contribution in [1.29, 1.82) is 0 Å². The van der Waals surface area contributed by atoms with Crippen LogP contribution in [0.4, 0.5) is 0 Å². The van der Waals surface area contributed by atoms with E-state index in [0.717, 1.165) is 0 Å². The van der Waals surface area contributed by atoms with Gasteiger partial charge in [0, 0.05) is 5.02 Å². The summed E-state index contributed by atoms with van der Waals surface area (Å²) in [5, 5.41) is 0.563. The zero-order chi connectivity index (χ0) is 11.5. The first kappa shape index (κ1) is 12.3. The van der Waals surface area contributed by atoms with E-state index in [9.17, 15) is 8.42 Å². The van der Waals surface area contributed by atoms with Gasteiger partial charge in [-0.2, -0.15) is 8.42 Å². The Labute approximate surface area is 95.1 Å². The fourth-order valence-corrected chi connectivity index (χ4v) is 2.41. The molecule has 0 fully saturated rings. The Morgan fingerprint density at radius 2 is 2.07 bits per heavy atom. The predicted octanol–water partition coefficient (Wildman–Crippen LogP) is 2.77. The van der Waals surface area contributed by atoms with E-state index in [0.29, 0.717) is 22.8 Å². The lowest BCUT2D eigenvalue weighted by Gasteiger charge is -2.08. The molecular weight excluding hydrogens is 236 g/mol. The Balaban J connectivity index is 2.90. The first-order valence-corrected chi connectivity index (χ1v) is 6.58. The Bertz CT molecular complexity index is 440. The summed E-state index contributed by atoms with van der Waals surface area (Å²) in [5.41, 5.74) is 0.710. The molecule has 0 saturated carbocycles. The van der Waals surface area contributed by atoms with Crippen LogP contribution in [-0.4, -0.2) is 14.2 Å². The highest BCUT2D eigenvalue weighted by Crippen LogP contribution is 2.23. The third kappa shape index (κ3) is 3.72. The lowest BCUT2D eigenvalue weighted by molar-refractivity contribution is 0.483. The molecule has 5 heteroatoms. The topological polar surface area (TPSA) is 43.4 Å². The van der Waals surface area contributed by atoms with Crippen LogP contribution in [0.3, 0.4) is 0 Å². The SMILES string of the molecule is CCCS(=O)(=O)Oc1ccc(Cl)cc1C. The summed E-state index contributed by atoms with van der Waals surface area (Å²) in [6.07, 6.45) is 0.537. The lowest BCUT2D eigenvalue weighted by atomic mass is 10.2. The molecule has 0 amide bonds. The third-order valence-electron chi connectivity index (χ3n) is 1.81. The second-order valence-electron chi connectivity index (χ2n) is 3.25. The first-order valence-electron chi connectivity index (χ1n) is 4.63. The second-order valence-corrected chi connectivity index (χ2v) is 5.38. The molecule has 0 radical (unpaired) electrons. The molecule has 0 aliphatic heterocycles. The third-order valence-corrected chi connectivity index (χ3v) is 3.38. The molecule has 0 unspecified atom stereocenters. The van der Waals surface area contributed by atoms with E-state index >= 15 is 0 Å². The zero-order valence-corrected chi connectivity index (χ0v) is 10.2. The van der Waals surface area contributed by atoms with E-state index in [1.165, 1.54) is 0 Å². The molecule has 0 atom stereocenters. The van der Waals surface area contributed by atoms with Gasteiger partial charge >= 0.3 is 10.1 Å². The summed E-state index contributed by atoms with van der Waals surface area (Å²) >= 11 is 5.74. The minimum Gasteiger partial charge on any atom is -0.382 e. The standard InChI is InChI=1S/C10H13ClO3S/c1-3-6-15(12,13)14-10-5-4-9(11)7-8(10)2/h4-5,7H,3,6H2,1-2H3. The van der Waals surface area contributed by atoms with Gasteiger partial charge < -0.3 is 4.18 Å². The number of hydrogen-bond donors (Lipinski definition) is 0. The fourth-order valence-electron chi connectivity index (χ4n) is 1.13. The van der Waals surface area contributed by atoms with Crippen molar-refractivity contribution in [3.8, 4) is 5.75 Å². The monoisotopic (exact) mass is 248 g/mol. The normalized spacial score (nSPS) is 11.4. The number of rotatable bonds is 4. The lowest BCUT2D eigenvalue weighted by Crippen LogP contribution is -2.13. The molecule has 15 heavy (non-hydrogen) atoms. The molecule has 0 saturated heterocycles. The molecule has 0 aliphatic carbocycles. The van der Waals surface area contributed by atoms with Crippen LogP contribution < -0.4 is 4.18 Å². The Morgan fingerprint density at radius 1 is 1.40 bits per heavy atom. The van der Waals surface area contributed by atoms with E-state index in [1.54, 1.807) is 32.0 Å². The first-order chi connectivity index (χ1) is 6.94. The van der Waals surface area contributed by atoms with Crippen LogP contribution in [0.2, 0.25) is 5.02 Å². The molecule has 84 valence electrons. The Morgan fingerprint density at radius 3 is 2.60 bits per heavy atom. The quantitative estimate of drug-likeness (QED) is 0.770. The molecule has 0 N–H and O–H groups in total. The van der Waals surface area contributed by atoms with Crippen molar-refractivity contribution in [2.45, 2.75) is 20.3 Å². The zero-order valence-electron chi connectivity index (χ0n) is 8.66. The van der Waals surface area contributed by atoms with Crippen molar-refractivity contribution >= 4 is 21.7 Å². The van der Waals surface area contributed by atoms with Gasteiger partial charge in [0.25, 0.3) is 0 Å². The van der Waals surface area contributed by atoms with Gasteiger partial charge in [0.2, 0.25) is 0 Å². The molecule has 0 aliphatic rings. The van der Waals surface area contributed by atoms with E-state index in [2.05, 4.69) is 0 Å². The Hall–Kier alpha value is -0.740. The van der Waals surface area contributed by atoms with Gasteiger partial charge in [-0.1, -0.05) is 18.5 Å². The molecule has 0 aromatic heterocycles. The summed E-state index contributed by atoms with van der Waals surface area (Å²) in [6.45, 7) is 3.54. The van der Waals surface area contributed by atoms with E-state index < -0.39 is 10.1 Å². The summed E-state index contributed by atoms with van der Waals surface area (Å²) in [4.78, 5) is 0. The molecule has 3 nitrogen and oxygen atoms in total. The highest BCUT2D eigenvalue weighted by Gasteiger charge is 2.12. The molecule has 0 heterocycles. The average molecular weight is 249 g/mol. The van der Waals surface area contributed by atoms with Crippen molar-refractivity contribution in [1.82, 2.24) is 0 Å². The van der Waals surface area contributed by atoms with Crippen LogP contribution in [0.25, 0.3) is 0 Å². The number of aryl methyl sites for hydroxylation is 1. The van der Waals surface area contributed by atoms with Gasteiger partial charge in [-0.15, -0.1) is 0 Å². The maximum atomic E-state index is 11.4. The van der Waals surface area contributed by atoms with Gasteiger partial charge in [-0.05, 0) is 37.1 Å². The summed E-state index contributed by atoms with van der Waals surface area (Å²) in [5.74, 6) is 0.363. The Kier molecular flexibility index (Phi) is 3.99. The van der Waals surface area contributed by atoms with Gasteiger partial charge in [0.05, 0.1) is 5.75 Å². The average Bonchev–Trinajstić information content (AvgIpc) is 2.09. The van der Waals surface area contributed by atoms with Gasteiger partial charge in [0.1, 0.15) is 5.75 Å². The molecule has 0 bridgehead atoms. The van der Waals surface area contributed by atoms with Crippen LogP contribution in [0.5, 0.6) is 5.75 Å². The van der Waals surface area contributed by atoms with Gasteiger partial charge in [-0.3, -0.25) is 0 Å². The van der Waals surface area contributed by atoms with Crippen molar-refractivity contribution in [2.75, 3.05) is 5.75 Å². The van der Waals surface area contributed by atoms with E-state index in [-0.39, 0.29) is 5.75 Å². The highest BCUT2D eigenvalue weighted by atomic mass is 35.5. The summed E-state index contributed by atoms with van der Waals surface area (Å²) < 4.78 is 27.7.